The molecular weight excluding hydrogens is 392 g/mol. The maximum atomic E-state index is 14.1. The van der Waals surface area contributed by atoms with Gasteiger partial charge in [0.15, 0.2) is 0 Å². The van der Waals surface area contributed by atoms with Gasteiger partial charge in [-0.05, 0) is 18.2 Å². The van der Waals surface area contributed by atoms with E-state index < -0.39 is 34.2 Å². The van der Waals surface area contributed by atoms with Gasteiger partial charge in [-0.25, -0.2) is 0 Å². The van der Waals surface area contributed by atoms with Gasteiger partial charge < -0.3 is 4.90 Å². The number of para-hydroxylation sites is 1. The van der Waals surface area contributed by atoms with Gasteiger partial charge in [0, 0.05) is 11.9 Å². The van der Waals surface area contributed by atoms with Crippen LogP contribution >= 0.6 is 23.4 Å². The second-order valence-electron chi connectivity index (χ2n) is 5.39. The van der Waals surface area contributed by atoms with Gasteiger partial charge in [0.2, 0.25) is 5.78 Å². The topological polar surface area (TPSA) is 20.3 Å². The SMILES string of the molecule is CN1/C(=C\C2=C(Cl)C(=O)C(F)(F)C(F)(F)C2(F)F)Sc2ccccc21. The Bertz CT molecular complexity index is 835. The van der Waals surface area contributed by atoms with Crippen LogP contribution in [0.15, 0.2) is 50.9 Å². The lowest BCUT2D eigenvalue weighted by Crippen LogP contribution is -2.62. The molecular formula is C15H8ClF6NOS. The molecule has 1 heterocycles. The first-order valence-electron chi connectivity index (χ1n) is 6.73. The van der Waals surface area contributed by atoms with Crippen molar-refractivity contribution in [2.75, 3.05) is 11.9 Å². The predicted molar refractivity (Wildman–Crippen MR) is 81.5 cm³/mol. The number of hydrogen-bond acceptors (Lipinski definition) is 3. The van der Waals surface area contributed by atoms with Crippen LogP contribution in [-0.4, -0.2) is 30.6 Å². The van der Waals surface area contributed by atoms with Crippen LogP contribution in [0.5, 0.6) is 0 Å². The summed E-state index contributed by atoms with van der Waals surface area (Å²) < 4.78 is 82.1. The van der Waals surface area contributed by atoms with Gasteiger partial charge in [0.05, 0.1) is 21.3 Å². The van der Waals surface area contributed by atoms with E-state index in [4.69, 9.17) is 11.6 Å². The van der Waals surface area contributed by atoms with Crippen LogP contribution in [0, 0.1) is 0 Å². The molecule has 0 unspecified atom stereocenters. The summed E-state index contributed by atoms with van der Waals surface area (Å²) in [5.74, 6) is -19.3. The molecule has 0 spiro atoms. The van der Waals surface area contributed by atoms with Gasteiger partial charge in [-0.1, -0.05) is 35.5 Å². The summed E-state index contributed by atoms with van der Waals surface area (Å²) in [7, 11) is 1.48. The van der Waals surface area contributed by atoms with E-state index in [0.717, 1.165) is 11.8 Å². The molecule has 2 aliphatic rings. The van der Waals surface area contributed by atoms with Gasteiger partial charge in [0.25, 0.3) is 0 Å². The number of benzene rings is 1. The fourth-order valence-electron chi connectivity index (χ4n) is 2.43. The highest BCUT2D eigenvalue weighted by Gasteiger charge is 2.79. The lowest BCUT2D eigenvalue weighted by Gasteiger charge is -2.36. The third-order valence-electron chi connectivity index (χ3n) is 3.89. The zero-order valence-electron chi connectivity index (χ0n) is 12.3. The smallest absolute Gasteiger partial charge is 0.338 e. The van der Waals surface area contributed by atoms with Crippen LogP contribution in [0.1, 0.15) is 0 Å². The average Bonchev–Trinajstić information content (AvgIpc) is 2.86. The average molecular weight is 400 g/mol. The van der Waals surface area contributed by atoms with Crippen molar-refractivity contribution in [1.82, 2.24) is 0 Å². The predicted octanol–water partition coefficient (Wildman–Crippen LogP) is 5.05. The van der Waals surface area contributed by atoms with Crippen LogP contribution in [-0.2, 0) is 4.79 Å². The van der Waals surface area contributed by atoms with E-state index in [0.29, 0.717) is 16.7 Å². The minimum atomic E-state index is -5.89. The summed E-state index contributed by atoms with van der Waals surface area (Å²) in [5.41, 5.74) is -1.02. The molecule has 0 fully saturated rings. The maximum absolute atomic E-state index is 14.1. The van der Waals surface area contributed by atoms with E-state index in [1.54, 1.807) is 24.3 Å². The molecule has 25 heavy (non-hydrogen) atoms. The largest absolute Gasteiger partial charge is 0.384 e. The number of hydrogen-bond donors (Lipinski definition) is 0. The first kappa shape index (κ1) is 18.2. The number of anilines is 1. The first-order chi connectivity index (χ1) is 11.4. The van der Waals surface area contributed by atoms with Gasteiger partial charge in [-0.3, -0.25) is 4.79 Å². The van der Waals surface area contributed by atoms with Gasteiger partial charge in [-0.15, -0.1) is 0 Å². The van der Waals surface area contributed by atoms with Crippen molar-refractivity contribution in [3.8, 4) is 0 Å². The number of halogens is 7. The van der Waals surface area contributed by atoms with Gasteiger partial charge in [-0.2, -0.15) is 26.3 Å². The second kappa shape index (κ2) is 5.44. The fourth-order valence-corrected chi connectivity index (χ4v) is 3.82. The Morgan fingerprint density at radius 1 is 1.08 bits per heavy atom. The molecule has 134 valence electrons. The minimum absolute atomic E-state index is 0.0443. The Labute approximate surface area is 147 Å². The molecule has 0 N–H and O–H groups in total. The summed E-state index contributed by atoms with van der Waals surface area (Å²) in [4.78, 5) is 13.5. The Balaban J connectivity index is 2.14. The fraction of sp³-hybridized carbons (Fsp3) is 0.267. The van der Waals surface area contributed by atoms with Crippen LogP contribution in [0.25, 0.3) is 0 Å². The van der Waals surface area contributed by atoms with E-state index >= 15 is 0 Å². The molecule has 0 saturated heterocycles. The molecule has 0 amide bonds. The Morgan fingerprint density at radius 3 is 2.28 bits per heavy atom. The number of carbonyl (C=O) groups excluding carboxylic acids is 1. The standard InChI is InChI=1S/C15H8ClF6NOS/c1-23-8-4-2-3-5-9(8)25-10(23)6-7-11(16)12(24)14(19,20)15(21,22)13(7,17)18/h2-6H,1H3/b10-6+. The Kier molecular flexibility index (Phi) is 3.96. The normalized spacial score (nSPS) is 25.5. The number of alkyl halides is 6. The van der Waals surface area contributed by atoms with Crippen LogP contribution < -0.4 is 4.90 Å². The molecule has 1 aliphatic heterocycles. The van der Waals surface area contributed by atoms with Crippen LogP contribution in [0.3, 0.4) is 0 Å². The first-order valence-corrected chi connectivity index (χ1v) is 7.93. The molecule has 0 atom stereocenters. The number of thioether (sulfide) groups is 1. The number of nitrogens with zero attached hydrogens (tertiary/aromatic N) is 1. The number of allylic oxidation sites excluding steroid dienone is 3. The Morgan fingerprint density at radius 2 is 1.68 bits per heavy atom. The molecule has 1 aliphatic carbocycles. The molecule has 3 rings (SSSR count). The highest BCUT2D eigenvalue weighted by Crippen LogP contribution is 2.56. The third kappa shape index (κ3) is 2.32. The number of rotatable bonds is 1. The molecule has 0 bridgehead atoms. The minimum Gasteiger partial charge on any atom is -0.338 e. The van der Waals surface area contributed by atoms with Crippen molar-refractivity contribution in [3.63, 3.8) is 0 Å². The zero-order valence-corrected chi connectivity index (χ0v) is 13.9. The number of ketones is 1. The lowest BCUT2D eigenvalue weighted by molar-refractivity contribution is -0.285. The van der Waals surface area contributed by atoms with Crippen molar-refractivity contribution in [2.24, 2.45) is 0 Å². The van der Waals surface area contributed by atoms with Gasteiger partial charge >= 0.3 is 17.8 Å². The highest BCUT2D eigenvalue weighted by molar-refractivity contribution is 8.03. The molecule has 0 aromatic heterocycles. The second-order valence-corrected chi connectivity index (χ2v) is 6.83. The number of Topliss-reactive ketones (excluding diaryl/α,β-unsaturated/α-hetero) is 1. The summed E-state index contributed by atoms with van der Waals surface area (Å²) in [6.07, 6.45) is 0.550. The maximum Gasteiger partial charge on any atom is 0.384 e. The van der Waals surface area contributed by atoms with Crippen LogP contribution in [0.4, 0.5) is 32.0 Å². The zero-order chi connectivity index (χ0) is 18.8. The van der Waals surface area contributed by atoms with Gasteiger partial charge in [0.1, 0.15) is 0 Å². The van der Waals surface area contributed by atoms with E-state index in [-0.39, 0.29) is 5.03 Å². The number of fused-ring (bicyclic) bond motifs is 1. The molecule has 1 aromatic rings. The third-order valence-corrected chi connectivity index (χ3v) is 5.43. The summed E-state index contributed by atoms with van der Waals surface area (Å²) >= 11 is 6.29. The van der Waals surface area contributed by atoms with Crippen molar-refractivity contribution < 1.29 is 31.1 Å². The van der Waals surface area contributed by atoms with Crippen molar-refractivity contribution in [3.05, 3.63) is 46.0 Å². The van der Waals surface area contributed by atoms with E-state index in [2.05, 4.69) is 0 Å². The van der Waals surface area contributed by atoms with Crippen LogP contribution in [0.2, 0.25) is 0 Å². The lowest BCUT2D eigenvalue weighted by atomic mass is 9.87. The van der Waals surface area contributed by atoms with E-state index in [1.807, 2.05) is 0 Å². The monoisotopic (exact) mass is 399 g/mol. The number of carbonyl (C=O) groups is 1. The molecule has 0 radical (unpaired) electrons. The summed E-state index contributed by atoms with van der Waals surface area (Å²) in [6.45, 7) is 0. The summed E-state index contributed by atoms with van der Waals surface area (Å²) in [6, 6.07) is 6.69. The molecule has 1 aromatic carbocycles. The quantitative estimate of drug-likeness (QED) is 0.616. The molecule has 10 heteroatoms. The van der Waals surface area contributed by atoms with E-state index in [9.17, 15) is 31.1 Å². The van der Waals surface area contributed by atoms with Crippen molar-refractivity contribution in [2.45, 2.75) is 22.7 Å². The van der Waals surface area contributed by atoms with Crippen molar-refractivity contribution >= 4 is 34.8 Å². The highest BCUT2D eigenvalue weighted by atomic mass is 35.5. The summed E-state index contributed by atoms with van der Waals surface area (Å²) in [5, 5.41) is -1.55. The van der Waals surface area contributed by atoms with E-state index in [1.165, 1.54) is 11.9 Å². The molecule has 0 saturated carbocycles. The molecule has 2 nitrogen and oxygen atoms in total. The Hall–Kier alpha value is -1.61. The van der Waals surface area contributed by atoms with Crippen molar-refractivity contribution in [1.29, 1.82) is 0 Å².